The maximum absolute atomic E-state index is 12.6. The zero-order chi connectivity index (χ0) is 19.0. The lowest BCUT2D eigenvalue weighted by Crippen LogP contribution is -2.27. The van der Waals surface area contributed by atoms with E-state index >= 15 is 0 Å². The summed E-state index contributed by atoms with van der Waals surface area (Å²) >= 11 is 0. The Labute approximate surface area is 171 Å². The molecule has 0 unspecified atom stereocenters. The number of carboxylic acid groups (broad SMARTS) is 1. The van der Waals surface area contributed by atoms with Crippen LogP contribution in [-0.4, -0.2) is 30.1 Å². The summed E-state index contributed by atoms with van der Waals surface area (Å²) in [6.07, 6.45) is 1.79. The first-order chi connectivity index (χ1) is 13.0. The third kappa shape index (κ3) is 3.91. The van der Waals surface area contributed by atoms with Crippen molar-refractivity contribution in [1.82, 2.24) is 5.32 Å². The number of hydrogen-bond donors (Lipinski definition) is 2. The van der Waals surface area contributed by atoms with E-state index in [0.29, 0.717) is 12.8 Å². The smallest absolute Gasteiger partial charge is 0.307 e. The molecule has 0 saturated carbocycles. The summed E-state index contributed by atoms with van der Waals surface area (Å²) in [5.74, 6) is -0.933. The molecule has 0 aliphatic carbocycles. The molecule has 2 aliphatic heterocycles. The lowest BCUT2D eigenvalue weighted by molar-refractivity contribution is -0.143. The van der Waals surface area contributed by atoms with Crippen LogP contribution in [0.25, 0.3) is 0 Å². The number of anilines is 2. The van der Waals surface area contributed by atoms with Crippen molar-refractivity contribution in [3.63, 3.8) is 0 Å². The second kappa shape index (κ2) is 8.33. The van der Waals surface area contributed by atoms with Gasteiger partial charge in [-0.1, -0.05) is 29.8 Å². The largest absolute Gasteiger partial charge is 0.481 e. The fourth-order valence-corrected chi connectivity index (χ4v) is 4.29. The van der Waals surface area contributed by atoms with Crippen molar-refractivity contribution in [2.75, 3.05) is 18.0 Å². The molecule has 28 heavy (non-hydrogen) atoms. The quantitative estimate of drug-likeness (QED) is 0.806. The number of carboxylic acids is 1. The number of fused-ring (bicyclic) bond motifs is 1. The Morgan fingerprint density at radius 1 is 1.29 bits per heavy atom. The number of amides is 1. The zero-order valence-corrected chi connectivity index (χ0v) is 16.7. The maximum atomic E-state index is 12.6. The number of carbonyl (C=O) groups excluding carboxylic acids is 1. The number of hydrogen-bond acceptors (Lipinski definition) is 3. The Kier molecular flexibility index (Phi) is 6.06. The Hall–Kier alpha value is -2.37. The lowest BCUT2D eigenvalue weighted by atomic mass is 9.86. The van der Waals surface area contributed by atoms with Crippen molar-refractivity contribution >= 4 is 35.7 Å². The molecular formula is C22H25ClN2O3. The Balaban J connectivity index is 0.00000225. The monoisotopic (exact) mass is 400 g/mol. The summed E-state index contributed by atoms with van der Waals surface area (Å²) in [5, 5.41) is 12.9. The number of carbonyl (C=O) groups is 2. The molecule has 0 bridgehead atoms. The highest BCUT2D eigenvalue weighted by atomic mass is 35.5. The summed E-state index contributed by atoms with van der Waals surface area (Å²) in [7, 11) is 0. The predicted octanol–water partition coefficient (Wildman–Crippen LogP) is 3.49. The number of halogens is 1. The van der Waals surface area contributed by atoms with Gasteiger partial charge in [-0.2, -0.15) is 0 Å². The van der Waals surface area contributed by atoms with E-state index in [9.17, 15) is 14.7 Å². The highest BCUT2D eigenvalue weighted by Crippen LogP contribution is 2.36. The Morgan fingerprint density at radius 3 is 2.82 bits per heavy atom. The molecule has 2 N–H and O–H groups in total. The van der Waals surface area contributed by atoms with Crippen LogP contribution in [0.15, 0.2) is 42.5 Å². The third-order valence-corrected chi connectivity index (χ3v) is 5.68. The summed E-state index contributed by atoms with van der Waals surface area (Å²) in [6, 6.07) is 13.8. The predicted molar refractivity (Wildman–Crippen MR) is 112 cm³/mol. The van der Waals surface area contributed by atoms with Crippen LogP contribution < -0.4 is 10.2 Å². The fraction of sp³-hybridized carbons (Fsp3) is 0.364. The van der Waals surface area contributed by atoms with Gasteiger partial charge in [0.15, 0.2) is 0 Å². The molecular weight excluding hydrogens is 376 g/mol. The molecule has 1 amide bonds. The van der Waals surface area contributed by atoms with Gasteiger partial charge in [0.1, 0.15) is 0 Å². The maximum Gasteiger partial charge on any atom is 0.307 e. The van der Waals surface area contributed by atoms with Gasteiger partial charge < -0.3 is 10.4 Å². The van der Waals surface area contributed by atoms with Crippen LogP contribution in [0.1, 0.15) is 23.1 Å². The van der Waals surface area contributed by atoms with Crippen LogP contribution in [0.2, 0.25) is 0 Å². The van der Waals surface area contributed by atoms with Gasteiger partial charge in [-0.15, -0.1) is 12.4 Å². The minimum atomic E-state index is -0.743. The topological polar surface area (TPSA) is 69.6 Å². The number of aryl methyl sites for hydroxylation is 1. The highest BCUT2D eigenvalue weighted by Gasteiger charge is 2.32. The molecule has 0 radical (unpaired) electrons. The van der Waals surface area contributed by atoms with Crippen LogP contribution in [-0.2, 0) is 22.4 Å². The number of aliphatic carboxylic acids is 1. The second-order valence-electron chi connectivity index (χ2n) is 7.61. The van der Waals surface area contributed by atoms with E-state index in [2.05, 4.69) is 11.4 Å². The molecule has 1 fully saturated rings. The molecule has 4 rings (SSSR count). The van der Waals surface area contributed by atoms with E-state index in [4.69, 9.17) is 0 Å². The summed E-state index contributed by atoms with van der Waals surface area (Å²) in [5.41, 5.74) is 4.89. The summed E-state index contributed by atoms with van der Waals surface area (Å²) in [4.78, 5) is 26.2. The minimum Gasteiger partial charge on any atom is -0.481 e. The Bertz CT molecular complexity index is 893. The van der Waals surface area contributed by atoms with E-state index in [-0.39, 0.29) is 24.2 Å². The molecule has 148 valence electrons. The van der Waals surface area contributed by atoms with Crippen molar-refractivity contribution in [3.8, 4) is 0 Å². The van der Waals surface area contributed by atoms with Gasteiger partial charge in [-0.05, 0) is 68.1 Å². The van der Waals surface area contributed by atoms with Gasteiger partial charge in [0, 0.05) is 5.69 Å². The van der Waals surface area contributed by atoms with E-state index in [1.807, 2.05) is 43.3 Å². The van der Waals surface area contributed by atoms with Gasteiger partial charge >= 0.3 is 5.97 Å². The molecule has 0 aromatic heterocycles. The fourth-order valence-electron chi connectivity index (χ4n) is 4.29. The molecule has 0 spiro atoms. The van der Waals surface area contributed by atoms with Gasteiger partial charge in [0.2, 0.25) is 5.91 Å². The van der Waals surface area contributed by atoms with Crippen molar-refractivity contribution in [1.29, 1.82) is 0 Å². The number of benzene rings is 2. The lowest BCUT2D eigenvalue weighted by Gasteiger charge is -2.21. The number of nitrogens with one attached hydrogen (secondary N) is 1. The molecule has 6 heteroatoms. The molecule has 2 heterocycles. The van der Waals surface area contributed by atoms with Crippen LogP contribution in [0.5, 0.6) is 0 Å². The first kappa shape index (κ1) is 20.4. The van der Waals surface area contributed by atoms with Gasteiger partial charge in [0.25, 0.3) is 0 Å². The Morgan fingerprint density at radius 2 is 2.11 bits per heavy atom. The van der Waals surface area contributed by atoms with Crippen LogP contribution >= 0.6 is 12.4 Å². The standard InChI is InChI=1S/C22H24N2O3.ClH/c1-14-5-6-20-17(9-14)12-21(25)24(20)18-4-2-3-15(10-18)11-19(22(26)27)16-7-8-23-13-16;/h2-6,9-10,16,19,23H,7-8,11-13H2,1H3,(H,26,27);1H/t16-,19-;/m0./s1. The SMILES string of the molecule is Cc1ccc2c(c1)CC(=O)N2c1cccc(C[C@H](C(=O)O)[C@H]2CCNC2)c1.Cl. The van der Waals surface area contributed by atoms with Crippen LogP contribution in [0.4, 0.5) is 11.4 Å². The number of nitrogens with zero attached hydrogens (tertiary/aromatic N) is 1. The highest BCUT2D eigenvalue weighted by molar-refractivity contribution is 6.07. The average molecular weight is 401 g/mol. The molecule has 2 aliphatic rings. The zero-order valence-electron chi connectivity index (χ0n) is 15.9. The van der Waals surface area contributed by atoms with Gasteiger partial charge in [-0.3, -0.25) is 14.5 Å². The van der Waals surface area contributed by atoms with E-state index in [0.717, 1.165) is 47.6 Å². The van der Waals surface area contributed by atoms with Crippen LogP contribution in [0, 0.1) is 18.8 Å². The minimum absolute atomic E-state index is 0. The normalized spacial score (nSPS) is 19.2. The molecule has 2 atom stereocenters. The number of rotatable bonds is 5. The van der Waals surface area contributed by atoms with Crippen LogP contribution in [0.3, 0.4) is 0 Å². The van der Waals surface area contributed by atoms with E-state index < -0.39 is 11.9 Å². The first-order valence-electron chi connectivity index (χ1n) is 9.48. The van der Waals surface area contributed by atoms with Gasteiger partial charge in [-0.25, -0.2) is 0 Å². The average Bonchev–Trinajstić information content (AvgIpc) is 3.26. The summed E-state index contributed by atoms with van der Waals surface area (Å²) < 4.78 is 0. The van der Waals surface area contributed by atoms with Gasteiger partial charge in [0.05, 0.1) is 18.0 Å². The molecule has 5 nitrogen and oxygen atoms in total. The van der Waals surface area contributed by atoms with Crippen molar-refractivity contribution in [3.05, 3.63) is 59.2 Å². The second-order valence-corrected chi connectivity index (χ2v) is 7.61. The first-order valence-corrected chi connectivity index (χ1v) is 9.48. The van der Waals surface area contributed by atoms with Crippen molar-refractivity contribution in [2.24, 2.45) is 11.8 Å². The molecule has 1 saturated heterocycles. The third-order valence-electron chi connectivity index (χ3n) is 5.68. The molecule has 2 aromatic carbocycles. The van der Waals surface area contributed by atoms with Crippen molar-refractivity contribution in [2.45, 2.75) is 26.2 Å². The summed E-state index contributed by atoms with van der Waals surface area (Å²) in [6.45, 7) is 3.67. The van der Waals surface area contributed by atoms with Crippen molar-refractivity contribution < 1.29 is 14.7 Å². The van der Waals surface area contributed by atoms with E-state index in [1.165, 1.54) is 0 Å². The molecule has 2 aromatic rings. The van der Waals surface area contributed by atoms with E-state index in [1.54, 1.807) is 4.90 Å².